The Bertz CT molecular complexity index is 4190. The maximum absolute atomic E-state index is 5.49. The van der Waals surface area contributed by atoms with Crippen molar-refractivity contribution in [3.63, 3.8) is 0 Å². The molecule has 6 heterocycles. The van der Waals surface area contributed by atoms with Gasteiger partial charge in [0.1, 0.15) is 0 Å². The molecule has 0 aliphatic carbocycles. The van der Waals surface area contributed by atoms with E-state index in [0.29, 0.717) is 0 Å². The van der Waals surface area contributed by atoms with Crippen LogP contribution in [-0.4, -0.2) is 47.1 Å². The Morgan fingerprint density at radius 2 is 0.488 bits per heavy atom. The van der Waals surface area contributed by atoms with Crippen LogP contribution in [0.4, 0.5) is 0 Å². The number of pyridine rings is 4. The van der Waals surface area contributed by atoms with Gasteiger partial charge in [0.25, 0.3) is 0 Å². The van der Waals surface area contributed by atoms with Crippen molar-refractivity contribution in [1.29, 1.82) is 0 Å². The molecule has 2 aliphatic rings. The largest absolute Gasteiger partial charge is 0.256 e. The van der Waals surface area contributed by atoms with Gasteiger partial charge in [-0.3, -0.25) is 19.9 Å². The van der Waals surface area contributed by atoms with E-state index in [9.17, 15) is 0 Å². The molecule has 0 N–H and O–H groups in total. The third-order valence-electron chi connectivity index (χ3n) is 17.9. The molecule has 2 unspecified atom stereocenters. The quantitative estimate of drug-likeness (QED) is 0.0960. The SMILES string of the molecule is C[Si]1=C(c2ccc(-c3ccccc3)nc2)C(c2ccccc2)=C(c2ccccc2)C1(CCC1(c2ccc(-c3ccccc3)nc2)C(c2ccccc2)=C(c2ccccc2)C(c2ccc(-c3ccccc3)nc2)=[Si]1C)c1ccc(-c2ccccc2)nc1. The van der Waals surface area contributed by atoms with Crippen LogP contribution in [0.25, 0.3) is 67.3 Å². The van der Waals surface area contributed by atoms with Crippen molar-refractivity contribution < 1.29 is 0 Å². The van der Waals surface area contributed by atoms with E-state index in [-0.39, 0.29) is 0 Å². The second kappa shape index (κ2) is 23.6. The molecule has 0 saturated heterocycles. The van der Waals surface area contributed by atoms with Crippen LogP contribution in [0.5, 0.6) is 0 Å². The van der Waals surface area contributed by atoms with Crippen molar-refractivity contribution in [2.45, 2.75) is 36.0 Å². The zero-order chi connectivity index (χ0) is 57.9. The highest BCUT2D eigenvalue weighted by atomic mass is 28.2. The van der Waals surface area contributed by atoms with Gasteiger partial charge in [0.2, 0.25) is 0 Å². The summed E-state index contributed by atoms with van der Waals surface area (Å²) >= 11 is 0. The molecule has 0 spiro atoms. The van der Waals surface area contributed by atoms with Gasteiger partial charge in [0.05, 0.1) is 22.8 Å². The van der Waals surface area contributed by atoms with Crippen LogP contribution in [0, 0.1) is 0 Å². The Balaban J connectivity index is 1.08. The second-order valence-corrected chi connectivity index (χ2v) is 27.7. The molecular weight excluding hydrogens is 1070 g/mol. The predicted octanol–water partition coefficient (Wildman–Crippen LogP) is 18.1. The lowest BCUT2D eigenvalue weighted by Gasteiger charge is -2.42. The fraction of sp³-hybridized carbons (Fsp3) is 0.0750. The van der Waals surface area contributed by atoms with E-state index < -0.39 is 26.9 Å². The minimum atomic E-state index is -1.72. The molecule has 86 heavy (non-hydrogen) atoms. The summed E-state index contributed by atoms with van der Waals surface area (Å²) in [6.45, 7) is 5.18. The topological polar surface area (TPSA) is 51.6 Å². The van der Waals surface area contributed by atoms with Crippen molar-refractivity contribution in [2.75, 3.05) is 0 Å². The predicted molar refractivity (Wildman–Crippen MR) is 362 cm³/mol. The smallest absolute Gasteiger partial charge is 0.0702 e. The molecule has 0 bridgehead atoms. The highest BCUT2D eigenvalue weighted by molar-refractivity contribution is 6.89. The molecule has 8 aromatic carbocycles. The van der Waals surface area contributed by atoms with Gasteiger partial charge in [-0.1, -0.05) is 280 Å². The van der Waals surface area contributed by atoms with E-state index in [1.807, 2.05) is 0 Å². The number of hydrogen-bond acceptors (Lipinski definition) is 4. The van der Waals surface area contributed by atoms with Crippen LogP contribution in [0.2, 0.25) is 13.1 Å². The van der Waals surface area contributed by atoms with Crippen LogP contribution < -0.4 is 0 Å². The van der Waals surface area contributed by atoms with Gasteiger partial charge in [0, 0.05) is 73.9 Å². The molecule has 0 amide bonds. The standard InChI is InChI=1S/C80H62N4Si2/c1-85-77(65-43-47-69(81-53-65)57-27-11-3-12-28-57)73(61-35-19-7-20-36-61)75(63-39-23-9-24-40-63)79(85,67-45-49-71(83-55-67)59-31-15-5-16-32-59)51-52-80(68-46-50-72(84-56-68)60-33-17-6-18-34-60)76(64-41-25-10-26-42-64)74(62-37-21-8-22-38-62)78(86(80)2)66-44-48-70(82-54-66)58-29-13-4-14-30-58/h3-50,53-56H,51-52H2,1-2H3. The first-order valence-corrected chi connectivity index (χ1v) is 33.7. The first kappa shape index (κ1) is 54.0. The summed E-state index contributed by atoms with van der Waals surface area (Å²) in [4.78, 5) is 21.6. The minimum Gasteiger partial charge on any atom is -0.256 e. The molecule has 2 aliphatic heterocycles. The van der Waals surface area contributed by atoms with E-state index in [1.165, 1.54) is 66.0 Å². The molecule has 14 rings (SSSR count). The Morgan fingerprint density at radius 3 is 0.733 bits per heavy atom. The third kappa shape index (κ3) is 9.76. The maximum atomic E-state index is 5.49. The van der Waals surface area contributed by atoms with Gasteiger partial charge in [0.15, 0.2) is 0 Å². The lowest BCUT2D eigenvalue weighted by atomic mass is 9.73. The normalized spacial score (nSPS) is 16.7. The molecule has 12 aromatic rings. The Hall–Kier alpha value is -9.99. The van der Waals surface area contributed by atoms with Crippen LogP contribution in [0.15, 0.2) is 316 Å². The van der Waals surface area contributed by atoms with E-state index in [2.05, 4.69) is 329 Å². The highest BCUT2D eigenvalue weighted by Gasteiger charge is 2.53. The zero-order valence-electron chi connectivity index (χ0n) is 48.2. The lowest BCUT2D eigenvalue weighted by molar-refractivity contribution is 0.565. The van der Waals surface area contributed by atoms with Crippen molar-refractivity contribution in [2.24, 2.45) is 0 Å². The molecular formula is C80H62N4Si2. The van der Waals surface area contributed by atoms with Gasteiger partial charge >= 0.3 is 0 Å². The molecule has 0 radical (unpaired) electrons. The minimum absolute atomic E-state index is 0.560. The fourth-order valence-corrected chi connectivity index (χ4v) is 20.6. The fourth-order valence-electron chi connectivity index (χ4n) is 13.9. The highest BCUT2D eigenvalue weighted by Crippen LogP contribution is 2.58. The molecule has 0 fully saturated rings. The van der Waals surface area contributed by atoms with Crippen LogP contribution in [0.1, 0.15) is 57.3 Å². The summed E-state index contributed by atoms with van der Waals surface area (Å²) in [6, 6.07) is 106. The van der Waals surface area contributed by atoms with Crippen molar-refractivity contribution in [1.82, 2.24) is 19.9 Å². The van der Waals surface area contributed by atoms with E-state index in [4.69, 9.17) is 19.9 Å². The van der Waals surface area contributed by atoms with Gasteiger partial charge < -0.3 is 0 Å². The summed E-state index contributed by atoms with van der Waals surface area (Å²) in [7, 11) is -3.43. The van der Waals surface area contributed by atoms with E-state index >= 15 is 0 Å². The molecule has 6 heteroatoms. The number of benzene rings is 8. The van der Waals surface area contributed by atoms with Gasteiger partial charge in [-0.05, 0) is 114 Å². The summed E-state index contributed by atoms with van der Waals surface area (Å²) in [5.74, 6) is 0. The molecule has 4 aromatic heterocycles. The summed E-state index contributed by atoms with van der Waals surface area (Å²) in [6.07, 6.45) is 10.4. The van der Waals surface area contributed by atoms with Crippen molar-refractivity contribution >= 4 is 49.4 Å². The zero-order valence-corrected chi connectivity index (χ0v) is 50.2. The second-order valence-electron chi connectivity index (χ2n) is 22.5. The Kier molecular flexibility index (Phi) is 14.8. The Labute approximate surface area is 507 Å². The Morgan fingerprint density at radius 1 is 0.244 bits per heavy atom. The lowest BCUT2D eigenvalue weighted by Crippen LogP contribution is -2.43. The summed E-state index contributed by atoms with van der Waals surface area (Å²) in [5.41, 5.74) is 23.0. The van der Waals surface area contributed by atoms with Crippen LogP contribution >= 0.6 is 0 Å². The number of rotatable bonds is 15. The molecule has 4 nitrogen and oxygen atoms in total. The van der Waals surface area contributed by atoms with Crippen molar-refractivity contribution in [3.8, 4) is 45.0 Å². The number of aromatic nitrogens is 4. The van der Waals surface area contributed by atoms with Gasteiger partial charge in [-0.25, -0.2) is 0 Å². The molecule has 0 saturated carbocycles. The average molecular weight is 1140 g/mol. The average Bonchev–Trinajstić information content (AvgIpc) is 1.56. The maximum Gasteiger partial charge on any atom is 0.0702 e. The number of hydrogen-bond donors (Lipinski definition) is 0. The van der Waals surface area contributed by atoms with E-state index in [1.54, 1.807) is 0 Å². The number of nitrogens with zero attached hydrogens (tertiary/aromatic N) is 4. The van der Waals surface area contributed by atoms with Gasteiger partial charge in [-0.2, -0.15) is 0 Å². The first-order valence-electron chi connectivity index (χ1n) is 29.7. The molecule has 410 valence electrons. The molecule has 2 atom stereocenters. The summed E-state index contributed by atoms with van der Waals surface area (Å²) < 4.78 is 0. The third-order valence-corrected chi connectivity index (χ3v) is 24.6. The van der Waals surface area contributed by atoms with Gasteiger partial charge in [-0.15, -0.1) is 0 Å². The first-order chi connectivity index (χ1) is 42.5. The van der Waals surface area contributed by atoms with Crippen LogP contribution in [0.3, 0.4) is 0 Å². The van der Waals surface area contributed by atoms with Crippen LogP contribution in [-0.2, 0) is 10.1 Å². The van der Waals surface area contributed by atoms with E-state index in [0.717, 1.165) is 69.0 Å². The summed E-state index contributed by atoms with van der Waals surface area (Å²) in [5, 5.41) is 1.62. The number of allylic oxidation sites excluding steroid dienone is 4. The van der Waals surface area contributed by atoms with Crippen molar-refractivity contribution in [3.05, 3.63) is 360 Å². The monoisotopic (exact) mass is 1130 g/mol.